The second-order valence-electron chi connectivity index (χ2n) is 6.74. The number of rotatable bonds is 5. The van der Waals surface area contributed by atoms with Crippen LogP contribution in [0.3, 0.4) is 0 Å². The van der Waals surface area contributed by atoms with Crippen LogP contribution in [0.2, 0.25) is 0 Å². The summed E-state index contributed by atoms with van der Waals surface area (Å²) in [5.41, 5.74) is 2.28. The third kappa shape index (κ3) is 3.37. The Morgan fingerprint density at radius 3 is 2.54 bits per heavy atom. The predicted octanol–water partition coefficient (Wildman–Crippen LogP) is 4.22. The van der Waals surface area contributed by atoms with E-state index in [9.17, 15) is 14.3 Å². The van der Waals surface area contributed by atoms with Crippen LogP contribution >= 0.6 is 0 Å². The number of methoxy groups -OCH3 is 2. The molecule has 1 aliphatic carbocycles. The quantitative estimate of drug-likeness (QED) is 0.813. The largest absolute Gasteiger partial charge is 0.497 e. The van der Waals surface area contributed by atoms with Gasteiger partial charge in [-0.15, -0.1) is 0 Å². The molecule has 0 aromatic heterocycles. The van der Waals surface area contributed by atoms with Crippen molar-refractivity contribution in [1.82, 2.24) is 0 Å². The highest BCUT2D eigenvalue weighted by molar-refractivity contribution is 5.90. The number of halogens is 1. The lowest BCUT2D eigenvalue weighted by Gasteiger charge is -2.21. The van der Waals surface area contributed by atoms with Gasteiger partial charge in [-0.2, -0.15) is 0 Å². The topological polar surface area (TPSA) is 55.8 Å². The van der Waals surface area contributed by atoms with Crippen molar-refractivity contribution >= 4 is 5.78 Å². The molecule has 3 unspecified atom stereocenters. The van der Waals surface area contributed by atoms with Crippen LogP contribution in [0.15, 0.2) is 36.4 Å². The van der Waals surface area contributed by atoms with Gasteiger partial charge in [0.2, 0.25) is 0 Å². The van der Waals surface area contributed by atoms with Gasteiger partial charge in [0.1, 0.15) is 17.3 Å². The highest BCUT2D eigenvalue weighted by Gasteiger charge is 2.35. The van der Waals surface area contributed by atoms with Crippen LogP contribution in [0, 0.1) is 11.7 Å². The molecular weight excluding hydrogens is 335 g/mol. The average Bonchev–Trinajstić information content (AvgIpc) is 2.99. The van der Waals surface area contributed by atoms with Gasteiger partial charge in [0, 0.05) is 30.6 Å². The van der Waals surface area contributed by atoms with Crippen LogP contribution in [0.25, 0.3) is 11.1 Å². The number of Topliss-reactive ketones (excluding diaryl/α,β-unsaturated/α-hetero) is 1. The molecule has 3 rings (SSSR count). The Morgan fingerprint density at radius 2 is 1.92 bits per heavy atom. The lowest BCUT2D eigenvalue weighted by Crippen LogP contribution is -2.13. The SMILES string of the molecule is COc1ccc(F)c(-c2ccc(C(O)OC)cc2C2C(=O)CCC2C)c1. The van der Waals surface area contributed by atoms with Crippen LogP contribution in [0.4, 0.5) is 4.39 Å². The van der Waals surface area contributed by atoms with Gasteiger partial charge in [-0.1, -0.05) is 19.1 Å². The van der Waals surface area contributed by atoms with E-state index in [0.29, 0.717) is 28.9 Å². The van der Waals surface area contributed by atoms with E-state index in [-0.39, 0.29) is 23.4 Å². The van der Waals surface area contributed by atoms with Crippen molar-refractivity contribution in [3.8, 4) is 16.9 Å². The number of carbonyl (C=O) groups excluding carboxylic acids is 1. The molecule has 5 heteroatoms. The molecule has 2 aromatic rings. The first-order valence-corrected chi connectivity index (χ1v) is 8.67. The summed E-state index contributed by atoms with van der Waals surface area (Å²) < 4.78 is 24.8. The van der Waals surface area contributed by atoms with Crippen LogP contribution < -0.4 is 4.74 Å². The van der Waals surface area contributed by atoms with E-state index in [1.165, 1.54) is 20.3 Å². The highest BCUT2D eigenvalue weighted by Crippen LogP contribution is 2.43. The molecular formula is C21H23FO4. The summed E-state index contributed by atoms with van der Waals surface area (Å²) in [6, 6.07) is 9.73. The maximum absolute atomic E-state index is 14.6. The standard InChI is InChI=1S/C21H23FO4/c1-12-4-9-19(23)20(12)17-10-13(21(24)26-3)5-7-15(17)16-11-14(25-2)6-8-18(16)22/h5-8,10-12,20-21,24H,4,9H2,1-3H3. The first kappa shape index (κ1) is 18.5. The Morgan fingerprint density at radius 1 is 1.15 bits per heavy atom. The molecule has 0 bridgehead atoms. The smallest absolute Gasteiger partial charge is 0.180 e. The number of hydrogen-bond acceptors (Lipinski definition) is 4. The number of benzene rings is 2. The van der Waals surface area contributed by atoms with E-state index in [2.05, 4.69) is 0 Å². The monoisotopic (exact) mass is 358 g/mol. The summed E-state index contributed by atoms with van der Waals surface area (Å²) in [6.45, 7) is 2.03. The summed E-state index contributed by atoms with van der Waals surface area (Å²) in [5, 5.41) is 10.0. The number of aliphatic hydroxyl groups excluding tert-OH is 1. The molecule has 0 radical (unpaired) electrons. The van der Waals surface area contributed by atoms with Gasteiger partial charge >= 0.3 is 0 Å². The van der Waals surface area contributed by atoms with Crippen LogP contribution in [-0.4, -0.2) is 25.1 Å². The van der Waals surface area contributed by atoms with Crippen molar-refractivity contribution in [2.75, 3.05) is 14.2 Å². The summed E-state index contributed by atoms with van der Waals surface area (Å²) >= 11 is 0. The zero-order valence-corrected chi connectivity index (χ0v) is 15.2. The Balaban J connectivity index is 2.20. The first-order chi connectivity index (χ1) is 12.5. The molecule has 0 amide bonds. The fourth-order valence-electron chi connectivity index (χ4n) is 3.70. The summed E-state index contributed by atoms with van der Waals surface area (Å²) in [7, 11) is 2.93. The molecule has 26 heavy (non-hydrogen) atoms. The van der Waals surface area contributed by atoms with Crippen molar-refractivity contribution < 1.29 is 23.8 Å². The van der Waals surface area contributed by atoms with E-state index in [1.54, 1.807) is 30.3 Å². The number of aliphatic hydroxyl groups is 1. The minimum absolute atomic E-state index is 0.145. The first-order valence-electron chi connectivity index (χ1n) is 8.67. The Bertz CT molecular complexity index is 818. The molecule has 0 heterocycles. The summed E-state index contributed by atoms with van der Waals surface area (Å²) in [6.07, 6.45) is 0.230. The molecule has 0 spiro atoms. The second-order valence-corrected chi connectivity index (χ2v) is 6.74. The molecule has 1 N–H and O–H groups in total. The maximum atomic E-state index is 14.6. The Kier molecular flexibility index (Phi) is 5.39. The van der Waals surface area contributed by atoms with E-state index in [1.807, 2.05) is 6.92 Å². The Labute approximate surface area is 152 Å². The van der Waals surface area contributed by atoms with Gasteiger partial charge in [0.15, 0.2) is 6.29 Å². The fourth-order valence-corrected chi connectivity index (χ4v) is 3.70. The minimum atomic E-state index is -1.09. The summed E-state index contributed by atoms with van der Waals surface area (Å²) in [5.74, 6) is 0.139. The third-order valence-electron chi connectivity index (χ3n) is 5.14. The van der Waals surface area contributed by atoms with Gasteiger partial charge in [-0.05, 0) is 47.7 Å². The van der Waals surface area contributed by atoms with Gasteiger partial charge in [0.25, 0.3) is 0 Å². The summed E-state index contributed by atoms with van der Waals surface area (Å²) in [4.78, 5) is 12.5. The van der Waals surface area contributed by atoms with E-state index >= 15 is 0 Å². The zero-order valence-electron chi connectivity index (χ0n) is 15.2. The van der Waals surface area contributed by atoms with Crippen molar-refractivity contribution in [1.29, 1.82) is 0 Å². The second kappa shape index (κ2) is 7.56. The van der Waals surface area contributed by atoms with E-state index in [4.69, 9.17) is 9.47 Å². The molecule has 1 saturated carbocycles. The predicted molar refractivity (Wildman–Crippen MR) is 96.5 cm³/mol. The van der Waals surface area contributed by atoms with Crippen LogP contribution in [0.5, 0.6) is 5.75 Å². The molecule has 3 atom stereocenters. The Hall–Kier alpha value is -2.24. The molecule has 1 fully saturated rings. The highest BCUT2D eigenvalue weighted by atomic mass is 19.1. The fraction of sp³-hybridized carbons (Fsp3) is 0.381. The molecule has 1 aliphatic rings. The van der Waals surface area contributed by atoms with Gasteiger partial charge in [-0.25, -0.2) is 4.39 Å². The lowest BCUT2D eigenvalue weighted by atomic mass is 9.83. The normalized spacial score (nSPS) is 21.0. The van der Waals surface area contributed by atoms with E-state index in [0.717, 1.165) is 12.0 Å². The maximum Gasteiger partial charge on any atom is 0.180 e. The van der Waals surface area contributed by atoms with Crippen molar-refractivity contribution in [3.05, 3.63) is 53.3 Å². The molecule has 2 aromatic carbocycles. The molecule has 0 saturated heterocycles. The minimum Gasteiger partial charge on any atom is -0.497 e. The molecule has 4 nitrogen and oxygen atoms in total. The van der Waals surface area contributed by atoms with E-state index < -0.39 is 6.29 Å². The zero-order chi connectivity index (χ0) is 18.8. The lowest BCUT2D eigenvalue weighted by molar-refractivity contribution is -0.118. The van der Waals surface area contributed by atoms with Crippen LogP contribution in [0.1, 0.15) is 43.1 Å². The van der Waals surface area contributed by atoms with Gasteiger partial charge in [0.05, 0.1) is 7.11 Å². The van der Waals surface area contributed by atoms with Crippen molar-refractivity contribution in [2.45, 2.75) is 32.0 Å². The number of ketones is 1. The van der Waals surface area contributed by atoms with Gasteiger partial charge in [-0.3, -0.25) is 4.79 Å². The van der Waals surface area contributed by atoms with Crippen LogP contribution in [-0.2, 0) is 9.53 Å². The van der Waals surface area contributed by atoms with Crippen molar-refractivity contribution in [3.63, 3.8) is 0 Å². The molecule has 138 valence electrons. The average molecular weight is 358 g/mol. The molecule has 0 aliphatic heterocycles. The van der Waals surface area contributed by atoms with Crippen molar-refractivity contribution in [2.24, 2.45) is 5.92 Å². The third-order valence-corrected chi connectivity index (χ3v) is 5.14. The number of ether oxygens (including phenoxy) is 2. The van der Waals surface area contributed by atoms with Gasteiger partial charge < -0.3 is 14.6 Å². The number of hydrogen-bond donors (Lipinski definition) is 1. The number of carbonyl (C=O) groups is 1.